The second kappa shape index (κ2) is 2.44. The standard InChI is InChI=1S/C9H7NO2/c11-8-6-10(8)9(12)7-4-2-1-3-5-7/h1-5H,6H2. The molecule has 1 saturated heterocycles. The van der Waals surface area contributed by atoms with Crippen molar-refractivity contribution in [1.29, 1.82) is 0 Å². The van der Waals surface area contributed by atoms with Gasteiger partial charge in [-0.05, 0) is 12.1 Å². The Bertz CT molecular complexity index is 332. The zero-order chi connectivity index (χ0) is 8.55. The second-order valence-electron chi connectivity index (χ2n) is 2.65. The number of carbonyl (C=O) groups excluding carboxylic acids is 2. The Hall–Kier alpha value is -1.64. The summed E-state index contributed by atoms with van der Waals surface area (Å²) in [6.45, 7) is 0.272. The number of hydrogen-bond acceptors (Lipinski definition) is 2. The van der Waals surface area contributed by atoms with Gasteiger partial charge in [0.25, 0.3) is 5.91 Å². The molecule has 0 bridgehead atoms. The van der Waals surface area contributed by atoms with Gasteiger partial charge in [0.15, 0.2) is 0 Å². The van der Waals surface area contributed by atoms with E-state index in [1.807, 2.05) is 6.07 Å². The summed E-state index contributed by atoms with van der Waals surface area (Å²) in [5.74, 6) is -0.288. The SMILES string of the molecule is O=C1CN1C(=O)c1ccccc1. The first kappa shape index (κ1) is 7.03. The fourth-order valence-corrected chi connectivity index (χ4v) is 1.02. The van der Waals surface area contributed by atoms with Crippen LogP contribution in [0.15, 0.2) is 30.3 Å². The minimum absolute atomic E-state index is 0.0937. The van der Waals surface area contributed by atoms with E-state index in [2.05, 4.69) is 0 Å². The molecule has 0 aliphatic carbocycles. The van der Waals surface area contributed by atoms with Crippen molar-refractivity contribution in [3.63, 3.8) is 0 Å². The quantitative estimate of drug-likeness (QED) is 0.448. The molecule has 1 aliphatic rings. The second-order valence-corrected chi connectivity index (χ2v) is 2.65. The molecule has 12 heavy (non-hydrogen) atoms. The predicted octanol–water partition coefficient (Wildman–Crippen LogP) is 0.669. The van der Waals surface area contributed by atoms with Crippen LogP contribution in [-0.4, -0.2) is 23.3 Å². The zero-order valence-electron chi connectivity index (χ0n) is 6.36. The Balaban J connectivity index is 2.21. The summed E-state index contributed by atoms with van der Waals surface area (Å²) in [5, 5.41) is 0. The molecule has 3 nitrogen and oxygen atoms in total. The summed E-state index contributed by atoms with van der Waals surface area (Å²) in [6.07, 6.45) is 0. The fourth-order valence-electron chi connectivity index (χ4n) is 1.02. The highest BCUT2D eigenvalue weighted by molar-refractivity contribution is 6.14. The van der Waals surface area contributed by atoms with Crippen LogP contribution < -0.4 is 0 Å². The van der Waals surface area contributed by atoms with E-state index in [-0.39, 0.29) is 18.4 Å². The van der Waals surface area contributed by atoms with Crippen LogP contribution >= 0.6 is 0 Å². The van der Waals surface area contributed by atoms with Crippen LogP contribution in [0.3, 0.4) is 0 Å². The van der Waals surface area contributed by atoms with E-state index in [0.29, 0.717) is 5.56 Å². The highest BCUT2D eigenvalue weighted by Gasteiger charge is 2.36. The molecular formula is C9H7NO2. The van der Waals surface area contributed by atoms with E-state index in [1.165, 1.54) is 4.90 Å². The van der Waals surface area contributed by atoms with E-state index in [9.17, 15) is 9.59 Å². The molecule has 0 atom stereocenters. The van der Waals surface area contributed by atoms with Crippen LogP contribution in [0.4, 0.5) is 0 Å². The van der Waals surface area contributed by atoms with Crippen molar-refractivity contribution in [2.45, 2.75) is 0 Å². The number of hydrogen-bond donors (Lipinski definition) is 0. The molecule has 0 radical (unpaired) electrons. The van der Waals surface area contributed by atoms with Crippen LogP contribution in [-0.2, 0) is 4.79 Å². The predicted molar refractivity (Wildman–Crippen MR) is 42.5 cm³/mol. The molecule has 60 valence electrons. The highest BCUT2D eigenvalue weighted by atomic mass is 16.2. The highest BCUT2D eigenvalue weighted by Crippen LogP contribution is 2.12. The van der Waals surface area contributed by atoms with Gasteiger partial charge in [0.2, 0.25) is 5.91 Å². The maximum Gasteiger partial charge on any atom is 0.260 e. The summed E-state index contributed by atoms with van der Waals surface area (Å²) in [6, 6.07) is 8.80. The maximum absolute atomic E-state index is 11.3. The Kier molecular flexibility index (Phi) is 1.43. The number of rotatable bonds is 1. The summed E-state index contributed by atoms with van der Waals surface area (Å²) in [4.78, 5) is 23.1. The first-order chi connectivity index (χ1) is 5.79. The van der Waals surface area contributed by atoms with Gasteiger partial charge in [-0.3, -0.25) is 14.5 Å². The van der Waals surface area contributed by atoms with Gasteiger partial charge in [-0.2, -0.15) is 0 Å². The first-order valence-corrected chi connectivity index (χ1v) is 3.69. The zero-order valence-corrected chi connectivity index (χ0v) is 6.36. The topological polar surface area (TPSA) is 37.1 Å². The minimum Gasteiger partial charge on any atom is -0.272 e. The van der Waals surface area contributed by atoms with Crippen LogP contribution in [0.2, 0.25) is 0 Å². The Morgan fingerprint density at radius 3 is 2.33 bits per heavy atom. The van der Waals surface area contributed by atoms with Gasteiger partial charge in [0.05, 0.1) is 0 Å². The van der Waals surface area contributed by atoms with Gasteiger partial charge in [0, 0.05) is 5.56 Å². The fraction of sp³-hybridized carbons (Fsp3) is 0.111. The molecule has 2 rings (SSSR count). The average molecular weight is 161 g/mol. The summed E-state index contributed by atoms with van der Waals surface area (Å²) in [5.41, 5.74) is 0.573. The van der Waals surface area contributed by atoms with Crippen molar-refractivity contribution in [2.24, 2.45) is 0 Å². The third kappa shape index (κ3) is 1.09. The summed E-state index contributed by atoms with van der Waals surface area (Å²) < 4.78 is 0. The van der Waals surface area contributed by atoms with Crippen molar-refractivity contribution in [2.75, 3.05) is 6.54 Å². The maximum atomic E-state index is 11.3. The number of amides is 2. The van der Waals surface area contributed by atoms with E-state index >= 15 is 0 Å². The van der Waals surface area contributed by atoms with E-state index in [0.717, 1.165) is 0 Å². The Labute approximate surface area is 69.6 Å². The van der Waals surface area contributed by atoms with Crippen molar-refractivity contribution < 1.29 is 9.59 Å². The summed E-state index contributed by atoms with van der Waals surface area (Å²) in [7, 11) is 0. The van der Waals surface area contributed by atoms with Gasteiger partial charge in [-0.1, -0.05) is 18.2 Å². The van der Waals surface area contributed by atoms with Crippen molar-refractivity contribution >= 4 is 11.8 Å². The van der Waals surface area contributed by atoms with Crippen LogP contribution in [0.1, 0.15) is 10.4 Å². The van der Waals surface area contributed by atoms with Crippen LogP contribution in [0.5, 0.6) is 0 Å². The minimum atomic E-state index is -0.194. The normalized spacial score (nSPS) is 14.7. The third-order valence-corrected chi connectivity index (χ3v) is 1.76. The molecule has 0 spiro atoms. The molecule has 0 saturated carbocycles. The molecule has 0 unspecified atom stereocenters. The van der Waals surface area contributed by atoms with Gasteiger partial charge in [-0.15, -0.1) is 0 Å². The molecule has 1 fully saturated rings. The smallest absolute Gasteiger partial charge is 0.260 e. The first-order valence-electron chi connectivity index (χ1n) is 3.69. The monoisotopic (exact) mass is 161 g/mol. The lowest BCUT2D eigenvalue weighted by atomic mass is 10.2. The van der Waals surface area contributed by atoms with Crippen LogP contribution in [0, 0.1) is 0 Å². The van der Waals surface area contributed by atoms with Crippen molar-refractivity contribution in [1.82, 2.24) is 4.90 Å². The van der Waals surface area contributed by atoms with Gasteiger partial charge < -0.3 is 0 Å². The largest absolute Gasteiger partial charge is 0.272 e. The third-order valence-electron chi connectivity index (χ3n) is 1.76. The lowest BCUT2D eigenvalue weighted by Crippen LogP contribution is -2.11. The van der Waals surface area contributed by atoms with E-state index in [4.69, 9.17) is 0 Å². The summed E-state index contributed by atoms with van der Waals surface area (Å²) >= 11 is 0. The van der Waals surface area contributed by atoms with Crippen LogP contribution in [0.25, 0.3) is 0 Å². The molecule has 1 aromatic rings. The van der Waals surface area contributed by atoms with E-state index < -0.39 is 0 Å². The van der Waals surface area contributed by atoms with Gasteiger partial charge >= 0.3 is 0 Å². The Morgan fingerprint density at radius 1 is 1.25 bits per heavy atom. The molecule has 1 aromatic carbocycles. The molecule has 2 amide bonds. The lowest BCUT2D eigenvalue weighted by Gasteiger charge is -1.97. The Morgan fingerprint density at radius 2 is 1.83 bits per heavy atom. The molecule has 0 aromatic heterocycles. The molecule has 0 N–H and O–H groups in total. The molecule has 1 aliphatic heterocycles. The van der Waals surface area contributed by atoms with Crippen molar-refractivity contribution in [3.8, 4) is 0 Å². The molecular weight excluding hydrogens is 154 g/mol. The molecule has 1 heterocycles. The number of nitrogens with zero attached hydrogens (tertiary/aromatic N) is 1. The number of carbonyl (C=O) groups is 2. The van der Waals surface area contributed by atoms with E-state index in [1.54, 1.807) is 24.3 Å². The average Bonchev–Trinajstić information content (AvgIpc) is 2.83. The number of benzene rings is 1. The van der Waals surface area contributed by atoms with Crippen molar-refractivity contribution in [3.05, 3.63) is 35.9 Å². The number of imide groups is 1. The van der Waals surface area contributed by atoms with Gasteiger partial charge in [0.1, 0.15) is 6.54 Å². The molecule has 3 heteroatoms. The lowest BCUT2D eigenvalue weighted by molar-refractivity contribution is -0.112. The van der Waals surface area contributed by atoms with Gasteiger partial charge in [-0.25, -0.2) is 0 Å².